The van der Waals surface area contributed by atoms with E-state index in [2.05, 4.69) is 12.2 Å². The van der Waals surface area contributed by atoms with Gasteiger partial charge in [-0.05, 0) is 0 Å². The van der Waals surface area contributed by atoms with Crippen LogP contribution in [0.2, 0.25) is 0 Å². The van der Waals surface area contributed by atoms with E-state index in [1.165, 1.54) is 0 Å². The van der Waals surface area contributed by atoms with E-state index < -0.39 is 0 Å². The summed E-state index contributed by atoms with van der Waals surface area (Å²) >= 11 is 4.66. The van der Waals surface area contributed by atoms with Crippen LogP contribution in [-0.2, 0) is 0 Å². The molecule has 0 heterocycles. The van der Waals surface area contributed by atoms with Crippen molar-refractivity contribution in [2.24, 2.45) is 0 Å². The molecule has 0 aromatic heterocycles. The number of hydrogen-bond donors (Lipinski definition) is 1. The number of rotatable bonds is 1. The Morgan fingerprint density at radius 1 is 1.71 bits per heavy atom. The highest BCUT2D eigenvalue weighted by Gasteiger charge is 1.91. The van der Waals surface area contributed by atoms with E-state index in [1.807, 2.05) is 0 Å². The normalized spacial score (nSPS) is 8.43. The fraction of sp³-hybridized carbons (Fsp3) is 0.750. The summed E-state index contributed by atoms with van der Waals surface area (Å²) in [4.78, 5) is 2.27. The minimum atomic E-state index is -0.0255. The van der Waals surface area contributed by atoms with Crippen LogP contribution in [0.3, 0.4) is 0 Å². The minimum Gasteiger partial charge on any atom is -0.389 e. The summed E-state index contributed by atoms with van der Waals surface area (Å²) in [6.45, 7) is -0.0255. The first-order valence-electron chi connectivity index (χ1n) is 1.99. The number of likely N-dealkylation sites (N-methyl/N-ethyl adjacent to an activating group) is 1. The monoisotopic (exact) mass is 119 g/mol. The molecule has 1 N–H and O–H groups in total. The van der Waals surface area contributed by atoms with Gasteiger partial charge in [0, 0.05) is 14.1 Å². The van der Waals surface area contributed by atoms with E-state index in [0.717, 1.165) is 0 Å². The van der Waals surface area contributed by atoms with Crippen LogP contribution in [0, 0.1) is 0 Å². The van der Waals surface area contributed by atoms with E-state index in [4.69, 9.17) is 5.11 Å². The molecule has 0 aliphatic rings. The smallest absolute Gasteiger partial charge is 0.103 e. The fourth-order valence-electron chi connectivity index (χ4n) is 0.141. The maximum absolute atomic E-state index is 8.32. The third-order valence-corrected chi connectivity index (χ3v) is 1.13. The average Bonchev–Trinajstić information content (AvgIpc) is 1.65. The van der Waals surface area contributed by atoms with Crippen molar-refractivity contribution < 1.29 is 5.11 Å². The number of aliphatic hydroxyl groups excluding tert-OH is 1. The molecule has 0 unspecified atom stereocenters. The molecule has 0 atom stereocenters. The van der Waals surface area contributed by atoms with Gasteiger partial charge in [0.1, 0.15) is 4.99 Å². The molecular formula is C4H9NOS. The number of aliphatic hydroxyl groups is 1. The standard InChI is InChI=1S/C4H9NOS/c1-5(2)4(7)3-6/h6H,3H2,1-2H3. The third-order valence-electron chi connectivity index (χ3n) is 0.634. The van der Waals surface area contributed by atoms with E-state index >= 15 is 0 Å². The molecule has 0 saturated carbocycles. The van der Waals surface area contributed by atoms with Gasteiger partial charge < -0.3 is 10.0 Å². The first kappa shape index (κ1) is 6.85. The second kappa shape index (κ2) is 2.93. The molecular weight excluding hydrogens is 110 g/mol. The molecule has 0 radical (unpaired) electrons. The molecule has 0 aromatic rings. The van der Waals surface area contributed by atoms with Crippen molar-refractivity contribution in [1.82, 2.24) is 4.90 Å². The Hall–Kier alpha value is -0.150. The highest BCUT2D eigenvalue weighted by Crippen LogP contribution is 1.77. The van der Waals surface area contributed by atoms with Gasteiger partial charge in [-0.1, -0.05) is 12.2 Å². The quantitative estimate of drug-likeness (QED) is 0.486. The lowest BCUT2D eigenvalue weighted by molar-refractivity contribution is 0.344. The first-order valence-corrected chi connectivity index (χ1v) is 2.40. The van der Waals surface area contributed by atoms with Crippen molar-refractivity contribution in [3.63, 3.8) is 0 Å². The van der Waals surface area contributed by atoms with Crippen molar-refractivity contribution >= 4 is 17.2 Å². The van der Waals surface area contributed by atoms with E-state index in [1.54, 1.807) is 19.0 Å². The van der Waals surface area contributed by atoms with Gasteiger partial charge in [-0.3, -0.25) is 0 Å². The van der Waals surface area contributed by atoms with Crippen LogP contribution in [0.5, 0.6) is 0 Å². The zero-order chi connectivity index (χ0) is 5.86. The Bertz CT molecular complexity index is 72.1. The summed E-state index contributed by atoms with van der Waals surface area (Å²) in [6, 6.07) is 0. The van der Waals surface area contributed by atoms with Crippen molar-refractivity contribution in [2.75, 3.05) is 20.7 Å². The lowest BCUT2D eigenvalue weighted by Crippen LogP contribution is -2.22. The molecule has 0 fully saturated rings. The highest BCUT2D eigenvalue weighted by atomic mass is 32.1. The summed E-state index contributed by atoms with van der Waals surface area (Å²) in [5.41, 5.74) is 0. The summed E-state index contributed by atoms with van der Waals surface area (Å²) in [5.74, 6) is 0. The van der Waals surface area contributed by atoms with Gasteiger partial charge in [0.05, 0.1) is 6.61 Å². The van der Waals surface area contributed by atoms with Crippen molar-refractivity contribution in [3.05, 3.63) is 0 Å². The Labute approximate surface area is 48.7 Å². The summed E-state index contributed by atoms with van der Waals surface area (Å²) in [6.07, 6.45) is 0. The number of hydrogen-bond acceptors (Lipinski definition) is 2. The summed E-state index contributed by atoms with van der Waals surface area (Å²) < 4.78 is 0. The Balaban J connectivity index is 3.35. The molecule has 42 valence electrons. The lowest BCUT2D eigenvalue weighted by Gasteiger charge is -2.09. The largest absolute Gasteiger partial charge is 0.389 e. The summed E-state index contributed by atoms with van der Waals surface area (Å²) in [5, 5.41) is 8.32. The zero-order valence-corrected chi connectivity index (χ0v) is 5.33. The van der Waals surface area contributed by atoms with Crippen LogP contribution in [0.1, 0.15) is 0 Å². The van der Waals surface area contributed by atoms with Gasteiger partial charge in [-0.2, -0.15) is 0 Å². The van der Waals surface area contributed by atoms with E-state index in [0.29, 0.717) is 4.99 Å². The predicted octanol–water partition coefficient (Wildman–Crippen LogP) is -0.132. The van der Waals surface area contributed by atoms with Crippen LogP contribution in [0.25, 0.3) is 0 Å². The third kappa shape index (κ3) is 2.53. The van der Waals surface area contributed by atoms with Crippen LogP contribution in [0.4, 0.5) is 0 Å². The van der Waals surface area contributed by atoms with Crippen molar-refractivity contribution in [1.29, 1.82) is 0 Å². The van der Waals surface area contributed by atoms with Crippen LogP contribution in [0.15, 0.2) is 0 Å². The van der Waals surface area contributed by atoms with E-state index in [-0.39, 0.29) is 6.61 Å². The highest BCUT2D eigenvalue weighted by molar-refractivity contribution is 7.80. The van der Waals surface area contributed by atoms with Crippen molar-refractivity contribution in [2.45, 2.75) is 0 Å². The van der Waals surface area contributed by atoms with Gasteiger partial charge in [-0.25, -0.2) is 0 Å². The molecule has 0 saturated heterocycles. The van der Waals surface area contributed by atoms with Gasteiger partial charge in [0.25, 0.3) is 0 Å². The maximum atomic E-state index is 8.32. The van der Waals surface area contributed by atoms with Crippen molar-refractivity contribution in [3.8, 4) is 0 Å². The second-order valence-corrected chi connectivity index (χ2v) is 1.92. The molecule has 0 aromatic carbocycles. The Kier molecular flexibility index (Phi) is 2.87. The van der Waals surface area contributed by atoms with Crippen LogP contribution in [-0.4, -0.2) is 35.7 Å². The molecule has 3 heteroatoms. The molecule has 0 aliphatic carbocycles. The maximum Gasteiger partial charge on any atom is 0.103 e. The van der Waals surface area contributed by atoms with Crippen LogP contribution >= 0.6 is 12.2 Å². The molecule has 2 nitrogen and oxygen atoms in total. The Morgan fingerprint density at radius 2 is 2.14 bits per heavy atom. The minimum absolute atomic E-state index is 0.0255. The Morgan fingerprint density at radius 3 is 2.14 bits per heavy atom. The number of nitrogens with zero attached hydrogens (tertiary/aromatic N) is 1. The molecule has 0 rings (SSSR count). The molecule has 0 spiro atoms. The first-order chi connectivity index (χ1) is 3.18. The van der Waals surface area contributed by atoms with Gasteiger partial charge in [-0.15, -0.1) is 0 Å². The predicted molar refractivity (Wildman–Crippen MR) is 33.4 cm³/mol. The van der Waals surface area contributed by atoms with Gasteiger partial charge in [0.2, 0.25) is 0 Å². The lowest BCUT2D eigenvalue weighted by atomic mass is 10.6. The fourth-order valence-corrected chi connectivity index (χ4v) is 0.141. The zero-order valence-electron chi connectivity index (χ0n) is 4.51. The SMILES string of the molecule is CN(C)C(=S)CO. The second-order valence-electron chi connectivity index (χ2n) is 1.45. The number of thiocarbonyl (C=S) groups is 1. The average molecular weight is 119 g/mol. The molecule has 0 amide bonds. The topological polar surface area (TPSA) is 23.5 Å². The van der Waals surface area contributed by atoms with Gasteiger partial charge >= 0.3 is 0 Å². The molecule has 0 bridgehead atoms. The van der Waals surface area contributed by atoms with Gasteiger partial charge in [0.15, 0.2) is 0 Å². The summed E-state index contributed by atoms with van der Waals surface area (Å²) in [7, 11) is 3.61. The molecule has 0 aliphatic heterocycles. The molecule has 7 heavy (non-hydrogen) atoms. The van der Waals surface area contributed by atoms with E-state index in [9.17, 15) is 0 Å². The van der Waals surface area contributed by atoms with Crippen LogP contribution < -0.4 is 0 Å².